The third kappa shape index (κ3) is 28.0. The number of aromatic amines is 3. The van der Waals surface area contributed by atoms with Gasteiger partial charge in [-0.1, -0.05) is 32.1 Å². The molecule has 24 aromatic heterocycles. The summed E-state index contributed by atoms with van der Waals surface area (Å²) in [6, 6.07) is 16.9. The van der Waals surface area contributed by atoms with Crippen molar-refractivity contribution in [3.05, 3.63) is 261 Å². The van der Waals surface area contributed by atoms with Crippen LogP contribution in [0, 0.1) is 0 Å². The van der Waals surface area contributed by atoms with Crippen molar-refractivity contribution in [2.75, 3.05) is 13.2 Å². The lowest BCUT2D eigenvalue weighted by Crippen LogP contribution is -2.17. The van der Waals surface area contributed by atoms with Crippen LogP contribution in [0.5, 0.6) is 0 Å². The van der Waals surface area contributed by atoms with Crippen LogP contribution in [-0.2, 0) is 25.9 Å². The summed E-state index contributed by atoms with van der Waals surface area (Å²) >= 11 is 14.1. The fourth-order valence-electron chi connectivity index (χ4n) is 14.5. The summed E-state index contributed by atoms with van der Waals surface area (Å²) in [5, 5.41) is 62.5. The fourth-order valence-corrected chi connectivity index (χ4v) is 22.9. The standard InChI is InChI=1S/C13H15N3S.C12H13N3OS.C12H13N3S.C11H9N5S.C10H8N6S.C10H7N5S.C9H7N7S.C9H6N6S.C8H5N7S/c1-2-4-10(5-3-1)17-13-11-8-14-7-6-12(11)15-9-16-13;1-4-13-7-10-11(1)14-8-15-12(10)17-9-2-5-16-6-3-9;1-2-4-9(3-1)16-12-10-7-13-6-5-11(10)14-8-15-12;1-16-5-4-13-11(16)17-10-8-6-12-3-2-9(8)14-7-15-10;1-16-6-14-15-10(16)17-9-7-4-11-3-2-8(7)12-5-13-9;1-2-11-5-7-8(1)14-6-15-9(7)16-10-12-3-4-13-10;1-16-9(13-14-15-16)17-8-6-4-10-3-2-7(6)11-5-12-8;1-2-10-3-6-7(1)11-4-12-8(6)16-9-13-5-14-15-9;1-2-9-3-5-6(1)10-4-11-7(5)16-8-12-14-15-13-8/h6-10H,1-5H2;1,4,7-9H,2-3,5-6H2;5-9H,1-4H2;2-7H,1H3;2-6H,1H3;1-6H,(H,12,13);2-5H,1H3;1-5H,(H,13,14,15);1-4H,(H,12,13,14,15). The minimum atomic E-state index is 0.517. The van der Waals surface area contributed by atoms with Gasteiger partial charge in [-0.25, -0.2) is 109 Å². The molecular formula is C94H83N45OS9. The van der Waals surface area contributed by atoms with Crippen LogP contribution in [0.15, 0.2) is 337 Å². The molecule has 0 spiro atoms. The van der Waals surface area contributed by atoms with Gasteiger partial charge in [0.1, 0.15) is 115 Å². The number of pyridine rings is 9. The zero-order valence-electron chi connectivity index (χ0n) is 79.0. The summed E-state index contributed by atoms with van der Waals surface area (Å²) in [6.07, 6.45) is 70.4. The van der Waals surface area contributed by atoms with Gasteiger partial charge in [-0.05, 0) is 179 Å². The van der Waals surface area contributed by atoms with E-state index in [1.807, 2.05) is 138 Å². The average Bonchev–Trinajstić information content (AvgIpc) is 1.68. The van der Waals surface area contributed by atoms with Crippen LogP contribution in [-0.4, -0.2) is 254 Å². The molecule has 1 aliphatic heterocycles. The largest absolute Gasteiger partial charge is 0.381 e. The number of nitrogens with zero attached hydrogens (tertiary/aromatic N) is 42. The summed E-state index contributed by atoms with van der Waals surface area (Å²) in [7, 11) is 5.63. The molecule has 0 unspecified atom stereocenters. The van der Waals surface area contributed by atoms with Gasteiger partial charge < -0.3 is 18.9 Å². The van der Waals surface area contributed by atoms with E-state index < -0.39 is 0 Å². The van der Waals surface area contributed by atoms with Crippen molar-refractivity contribution in [2.24, 2.45) is 21.1 Å². The van der Waals surface area contributed by atoms with E-state index in [0.717, 1.165) is 195 Å². The third-order valence-electron chi connectivity index (χ3n) is 21.8. The summed E-state index contributed by atoms with van der Waals surface area (Å²) in [6.45, 7) is 1.72. The number of tetrazole rings is 2. The Bertz CT molecular complexity index is 7730. The highest BCUT2D eigenvalue weighted by molar-refractivity contribution is 8.01. The number of imidazole rings is 2. The van der Waals surface area contributed by atoms with E-state index in [2.05, 4.69) is 211 Å². The van der Waals surface area contributed by atoms with Gasteiger partial charge in [0.25, 0.3) is 0 Å². The zero-order chi connectivity index (χ0) is 101. The highest BCUT2D eigenvalue weighted by Crippen LogP contribution is 2.40. The number of aryl methyl sites for hydroxylation is 3. The number of fused-ring (bicyclic) bond motifs is 9. The van der Waals surface area contributed by atoms with Gasteiger partial charge in [-0.2, -0.15) is 10.3 Å². The Balaban J connectivity index is 0.000000105. The zero-order valence-corrected chi connectivity index (χ0v) is 86.4. The van der Waals surface area contributed by atoms with Crippen molar-refractivity contribution in [1.82, 2.24) is 225 Å². The molecule has 3 aliphatic rings. The molecule has 2 aliphatic carbocycles. The topological polar surface area (TPSA) is 574 Å². The Morgan fingerprint density at radius 3 is 0.980 bits per heavy atom. The van der Waals surface area contributed by atoms with E-state index in [9.17, 15) is 0 Å². The number of nitrogens with one attached hydrogen (secondary N) is 3. The summed E-state index contributed by atoms with van der Waals surface area (Å²) in [5.74, 6) is 0. The molecule has 3 N–H and O–H groups in total. The average molecular weight is 2150 g/mol. The van der Waals surface area contributed by atoms with Crippen LogP contribution in [0.1, 0.15) is 70.6 Å². The third-order valence-corrected chi connectivity index (χ3v) is 31.8. The Hall–Kier alpha value is -15.6. The van der Waals surface area contributed by atoms with Crippen LogP contribution in [0.2, 0.25) is 0 Å². The monoisotopic (exact) mass is 2150 g/mol. The Labute approximate surface area is 884 Å². The van der Waals surface area contributed by atoms with Crippen LogP contribution >= 0.6 is 106 Å². The molecule has 0 bridgehead atoms. The highest BCUT2D eigenvalue weighted by atomic mass is 32.2. The van der Waals surface area contributed by atoms with Crippen molar-refractivity contribution in [2.45, 2.75) is 163 Å². The summed E-state index contributed by atoms with van der Waals surface area (Å²) < 4.78 is 10.8. The molecule has 24 aromatic rings. The minimum Gasteiger partial charge on any atom is -0.381 e. The van der Waals surface area contributed by atoms with E-state index >= 15 is 0 Å². The summed E-state index contributed by atoms with van der Waals surface area (Å²) in [4.78, 5) is 129. The molecule has 1 saturated heterocycles. The Kier molecular flexibility index (Phi) is 36.0. The van der Waals surface area contributed by atoms with Gasteiger partial charge in [-0.3, -0.25) is 50.0 Å². The molecule has 27 rings (SSSR count). The van der Waals surface area contributed by atoms with Crippen LogP contribution < -0.4 is 0 Å². The first-order valence-corrected chi connectivity index (χ1v) is 53.4. The Morgan fingerprint density at radius 1 is 0.302 bits per heavy atom. The van der Waals surface area contributed by atoms with E-state index in [1.54, 1.807) is 168 Å². The predicted molar refractivity (Wildman–Crippen MR) is 563 cm³/mol. The smallest absolute Gasteiger partial charge is 0.237 e. The molecular weight excluding hydrogens is 2060 g/mol. The maximum absolute atomic E-state index is 5.37. The Morgan fingerprint density at radius 2 is 0.651 bits per heavy atom. The number of rotatable bonds is 18. The van der Waals surface area contributed by atoms with E-state index in [4.69, 9.17) is 4.74 Å². The van der Waals surface area contributed by atoms with E-state index in [-0.39, 0.29) is 0 Å². The second-order valence-corrected chi connectivity index (χ2v) is 41.2. The van der Waals surface area contributed by atoms with Crippen molar-refractivity contribution < 1.29 is 4.74 Å². The molecule has 0 atom stereocenters. The molecule has 46 nitrogen and oxygen atoms in total. The van der Waals surface area contributed by atoms with Crippen molar-refractivity contribution in [3.8, 4) is 0 Å². The molecule has 0 amide bonds. The normalized spacial score (nSPS) is 13.0. The first-order chi connectivity index (χ1) is 73.6. The highest BCUT2D eigenvalue weighted by Gasteiger charge is 2.23. The van der Waals surface area contributed by atoms with Crippen LogP contribution in [0.25, 0.3) is 98.1 Å². The lowest BCUT2D eigenvalue weighted by Gasteiger charge is -2.21. The van der Waals surface area contributed by atoms with Gasteiger partial charge >= 0.3 is 0 Å². The lowest BCUT2D eigenvalue weighted by atomic mass is 10.0. The number of aromatic nitrogens is 45. The number of hydrogen-bond acceptors (Lipinski definition) is 49. The second-order valence-electron chi connectivity index (χ2n) is 31.6. The summed E-state index contributed by atoms with van der Waals surface area (Å²) in [5.41, 5.74) is 8.17. The first kappa shape index (κ1) is 102. The van der Waals surface area contributed by atoms with Gasteiger partial charge in [0.15, 0.2) is 20.6 Å². The number of thioether (sulfide) groups is 3. The van der Waals surface area contributed by atoms with Crippen LogP contribution in [0.4, 0.5) is 0 Å². The second kappa shape index (κ2) is 52.6. The lowest BCUT2D eigenvalue weighted by molar-refractivity contribution is 0.1000. The van der Waals surface area contributed by atoms with Crippen LogP contribution in [0.3, 0.4) is 0 Å². The SMILES string of the molecule is Cn1ccnc1Sc1ncnc2ccncc12.Cn1cnnc1Sc1ncnc2ccncc12.Cn1nnnc1Sc1ncnc2ccncc12.c1cc2ncnc(SC3CCCC3)c2cn1.c1cc2ncnc(SC3CCCCC3)c2cn1.c1cc2ncnc(SC3CCOCC3)c2cn1.c1cc2ncnc(Sc3ncc[nH]3)c2cn1.c1cc2ncnc(Sc3ncn[nH]3)c2cn1.c1cc2ncnc(Sc3nn[nH]n3)c2cn1. The fraction of sp³-hybridized carbons (Fsp3) is 0.202. The van der Waals surface area contributed by atoms with Gasteiger partial charge in [-0.15, -0.1) is 60.8 Å². The molecule has 149 heavy (non-hydrogen) atoms. The molecule has 2 saturated carbocycles. The molecule has 55 heteroatoms. The first-order valence-electron chi connectivity index (χ1n) is 45.8. The van der Waals surface area contributed by atoms with Gasteiger partial charge in [0.05, 0.1) is 98.1 Å². The van der Waals surface area contributed by atoms with Crippen molar-refractivity contribution in [3.63, 3.8) is 0 Å². The molecule has 744 valence electrons. The number of hydrogen-bond donors (Lipinski definition) is 3. The minimum absolute atomic E-state index is 0.517. The van der Waals surface area contributed by atoms with Gasteiger partial charge in [0, 0.05) is 186 Å². The van der Waals surface area contributed by atoms with Crippen molar-refractivity contribution >= 4 is 204 Å². The maximum atomic E-state index is 5.37. The van der Waals surface area contributed by atoms with Crippen molar-refractivity contribution in [1.29, 1.82) is 0 Å². The molecule has 25 heterocycles. The van der Waals surface area contributed by atoms with E-state index in [0.29, 0.717) is 20.7 Å². The number of ether oxygens (including phenoxy) is 1. The number of H-pyrrole nitrogens is 3. The maximum Gasteiger partial charge on any atom is 0.237 e. The molecule has 0 radical (unpaired) electrons. The molecule has 3 fully saturated rings. The molecule has 0 aromatic carbocycles. The van der Waals surface area contributed by atoms with Gasteiger partial charge in [0.2, 0.25) is 10.3 Å². The predicted octanol–water partition coefficient (Wildman–Crippen LogP) is 16.6. The quantitative estimate of drug-likeness (QED) is 0.0672. The van der Waals surface area contributed by atoms with E-state index in [1.165, 1.54) is 154 Å².